The first kappa shape index (κ1) is 18.4. The van der Waals surface area contributed by atoms with Crippen molar-refractivity contribution in [1.82, 2.24) is 15.5 Å². The number of hydrogen-bond donors (Lipinski definition) is 2. The molecule has 140 valence electrons. The lowest BCUT2D eigenvalue weighted by atomic mass is 10.1. The van der Waals surface area contributed by atoms with Gasteiger partial charge in [0.2, 0.25) is 0 Å². The van der Waals surface area contributed by atoms with E-state index in [9.17, 15) is 9.18 Å². The molecule has 2 amide bonds. The number of carbonyl (C=O) groups excluding carboxylic acids is 1. The minimum absolute atomic E-state index is 0.0631. The summed E-state index contributed by atoms with van der Waals surface area (Å²) in [5.41, 5.74) is 0.453. The summed E-state index contributed by atoms with van der Waals surface area (Å²) in [6.45, 7) is 5.32. The van der Waals surface area contributed by atoms with Crippen LogP contribution in [0.1, 0.15) is 23.1 Å². The summed E-state index contributed by atoms with van der Waals surface area (Å²) in [7, 11) is 0. The Hall–Kier alpha value is -2.38. The van der Waals surface area contributed by atoms with Gasteiger partial charge in [-0.25, -0.2) is 9.18 Å². The van der Waals surface area contributed by atoms with E-state index in [0.717, 1.165) is 24.6 Å². The Bertz CT molecular complexity index is 728. The van der Waals surface area contributed by atoms with Gasteiger partial charge in [-0.1, -0.05) is 18.2 Å². The van der Waals surface area contributed by atoms with Crippen molar-refractivity contribution in [2.24, 2.45) is 0 Å². The Kier molecular flexibility index (Phi) is 6.25. The number of rotatable bonds is 6. The maximum Gasteiger partial charge on any atom is 0.315 e. The number of furan rings is 1. The quantitative estimate of drug-likeness (QED) is 0.830. The molecule has 26 heavy (non-hydrogen) atoms. The van der Waals surface area contributed by atoms with Crippen molar-refractivity contribution < 1.29 is 18.3 Å². The fourth-order valence-corrected chi connectivity index (χ4v) is 3.00. The first-order valence-corrected chi connectivity index (χ1v) is 8.76. The number of morpholine rings is 1. The standard InChI is InChI=1S/C19H24FN3O3/c1-14-6-7-18(26-14)17(23-8-10-25-11-9-23)13-22-19(24)21-12-15-4-2-3-5-16(15)20/h2-7,17H,8-13H2,1H3,(H2,21,22,24). The summed E-state index contributed by atoms with van der Waals surface area (Å²) in [6.07, 6.45) is 0. The van der Waals surface area contributed by atoms with Crippen molar-refractivity contribution in [1.29, 1.82) is 0 Å². The molecule has 1 unspecified atom stereocenters. The normalized spacial score (nSPS) is 16.2. The molecule has 0 spiro atoms. The third kappa shape index (κ3) is 4.83. The van der Waals surface area contributed by atoms with Crippen LogP contribution >= 0.6 is 0 Å². The van der Waals surface area contributed by atoms with Crippen molar-refractivity contribution in [2.75, 3.05) is 32.8 Å². The van der Waals surface area contributed by atoms with Gasteiger partial charge >= 0.3 is 6.03 Å². The Balaban J connectivity index is 1.56. The van der Waals surface area contributed by atoms with Gasteiger partial charge < -0.3 is 19.8 Å². The highest BCUT2D eigenvalue weighted by molar-refractivity contribution is 5.73. The Morgan fingerprint density at radius 3 is 2.65 bits per heavy atom. The van der Waals surface area contributed by atoms with Crippen LogP contribution in [0, 0.1) is 12.7 Å². The van der Waals surface area contributed by atoms with E-state index in [1.807, 2.05) is 19.1 Å². The molecule has 1 saturated heterocycles. The summed E-state index contributed by atoms with van der Waals surface area (Å²) in [5, 5.41) is 5.55. The number of benzene rings is 1. The average Bonchev–Trinajstić information content (AvgIpc) is 3.08. The number of nitrogens with zero attached hydrogens (tertiary/aromatic N) is 1. The lowest BCUT2D eigenvalue weighted by Crippen LogP contribution is -2.45. The van der Waals surface area contributed by atoms with Gasteiger partial charge in [0.15, 0.2) is 0 Å². The van der Waals surface area contributed by atoms with Gasteiger partial charge in [-0.3, -0.25) is 4.90 Å². The van der Waals surface area contributed by atoms with Crippen LogP contribution in [0.3, 0.4) is 0 Å². The van der Waals surface area contributed by atoms with E-state index >= 15 is 0 Å². The van der Waals surface area contributed by atoms with Crippen LogP contribution < -0.4 is 10.6 Å². The maximum atomic E-state index is 13.6. The molecule has 0 radical (unpaired) electrons. The summed E-state index contributed by atoms with van der Waals surface area (Å²) < 4.78 is 24.8. The zero-order chi connectivity index (χ0) is 18.4. The minimum atomic E-state index is -0.338. The van der Waals surface area contributed by atoms with Crippen molar-refractivity contribution in [3.8, 4) is 0 Å². The fourth-order valence-electron chi connectivity index (χ4n) is 3.00. The van der Waals surface area contributed by atoms with Gasteiger partial charge in [-0.15, -0.1) is 0 Å². The van der Waals surface area contributed by atoms with E-state index in [1.54, 1.807) is 18.2 Å². The minimum Gasteiger partial charge on any atom is -0.465 e. The molecule has 1 fully saturated rings. The largest absolute Gasteiger partial charge is 0.465 e. The van der Waals surface area contributed by atoms with E-state index in [-0.39, 0.29) is 24.4 Å². The van der Waals surface area contributed by atoms with Crippen LogP contribution in [0.4, 0.5) is 9.18 Å². The second kappa shape index (κ2) is 8.82. The molecule has 1 aromatic heterocycles. The van der Waals surface area contributed by atoms with Crippen LogP contribution in [0.2, 0.25) is 0 Å². The highest BCUT2D eigenvalue weighted by Gasteiger charge is 2.25. The third-order valence-electron chi connectivity index (χ3n) is 4.43. The summed E-state index contributed by atoms with van der Waals surface area (Å²) in [5.74, 6) is 1.33. The number of ether oxygens (including phenoxy) is 1. The van der Waals surface area contributed by atoms with Crippen molar-refractivity contribution in [3.05, 3.63) is 59.3 Å². The van der Waals surface area contributed by atoms with Crippen LogP contribution in [0.25, 0.3) is 0 Å². The number of urea groups is 1. The van der Waals surface area contributed by atoms with Crippen LogP contribution in [0.5, 0.6) is 0 Å². The fraction of sp³-hybridized carbons (Fsp3) is 0.421. The van der Waals surface area contributed by atoms with E-state index in [2.05, 4.69) is 15.5 Å². The molecule has 2 N–H and O–H groups in total. The number of nitrogens with one attached hydrogen (secondary N) is 2. The smallest absolute Gasteiger partial charge is 0.315 e. The van der Waals surface area contributed by atoms with Crippen LogP contribution in [0.15, 0.2) is 40.8 Å². The van der Waals surface area contributed by atoms with Gasteiger partial charge in [0.05, 0.1) is 19.3 Å². The third-order valence-corrected chi connectivity index (χ3v) is 4.43. The van der Waals surface area contributed by atoms with Crippen LogP contribution in [-0.2, 0) is 11.3 Å². The number of hydrogen-bond acceptors (Lipinski definition) is 4. The second-order valence-electron chi connectivity index (χ2n) is 6.27. The molecule has 1 aliphatic rings. The topological polar surface area (TPSA) is 66.7 Å². The van der Waals surface area contributed by atoms with E-state index in [1.165, 1.54) is 6.07 Å². The van der Waals surface area contributed by atoms with Gasteiger partial charge in [0, 0.05) is 31.7 Å². The molecule has 3 rings (SSSR count). The molecule has 0 saturated carbocycles. The molecule has 2 aromatic rings. The first-order valence-electron chi connectivity index (χ1n) is 8.76. The molecular weight excluding hydrogens is 337 g/mol. The SMILES string of the molecule is Cc1ccc(C(CNC(=O)NCc2ccccc2F)N2CCOCC2)o1. The highest BCUT2D eigenvalue weighted by atomic mass is 19.1. The average molecular weight is 361 g/mol. The lowest BCUT2D eigenvalue weighted by Gasteiger charge is -2.33. The molecule has 0 aliphatic carbocycles. The number of carbonyl (C=O) groups is 1. The van der Waals surface area contributed by atoms with Gasteiger partial charge in [-0.2, -0.15) is 0 Å². The summed E-state index contributed by atoms with van der Waals surface area (Å²) >= 11 is 0. The molecule has 0 bridgehead atoms. The zero-order valence-electron chi connectivity index (χ0n) is 14.8. The van der Waals surface area contributed by atoms with E-state index in [0.29, 0.717) is 25.3 Å². The van der Waals surface area contributed by atoms with Gasteiger partial charge in [0.25, 0.3) is 0 Å². The molecule has 1 aromatic carbocycles. The number of aryl methyl sites for hydroxylation is 1. The maximum absolute atomic E-state index is 13.6. The first-order chi connectivity index (χ1) is 12.6. The number of halogens is 1. The second-order valence-corrected chi connectivity index (χ2v) is 6.27. The molecule has 2 heterocycles. The van der Waals surface area contributed by atoms with Crippen molar-refractivity contribution in [3.63, 3.8) is 0 Å². The Morgan fingerprint density at radius 2 is 1.96 bits per heavy atom. The number of amides is 2. The molecule has 1 aliphatic heterocycles. The Labute approximate surface area is 152 Å². The van der Waals surface area contributed by atoms with Crippen molar-refractivity contribution >= 4 is 6.03 Å². The summed E-state index contributed by atoms with van der Waals surface area (Å²) in [4.78, 5) is 14.4. The zero-order valence-corrected chi connectivity index (χ0v) is 14.8. The van der Waals surface area contributed by atoms with Gasteiger partial charge in [0.1, 0.15) is 17.3 Å². The molecule has 7 heteroatoms. The lowest BCUT2D eigenvalue weighted by molar-refractivity contribution is 0.0121. The molecule has 1 atom stereocenters. The molecule has 6 nitrogen and oxygen atoms in total. The molecular formula is C19H24FN3O3. The highest BCUT2D eigenvalue weighted by Crippen LogP contribution is 2.23. The van der Waals surface area contributed by atoms with E-state index < -0.39 is 0 Å². The monoisotopic (exact) mass is 361 g/mol. The predicted molar refractivity (Wildman–Crippen MR) is 95.2 cm³/mol. The van der Waals surface area contributed by atoms with Gasteiger partial charge in [-0.05, 0) is 25.1 Å². The van der Waals surface area contributed by atoms with Crippen LogP contribution in [-0.4, -0.2) is 43.8 Å². The van der Waals surface area contributed by atoms with Crippen molar-refractivity contribution in [2.45, 2.75) is 19.5 Å². The summed E-state index contributed by atoms with van der Waals surface area (Å²) in [6, 6.07) is 9.85. The van der Waals surface area contributed by atoms with E-state index in [4.69, 9.17) is 9.15 Å². The Morgan fingerprint density at radius 1 is 1.19 bits per heavy atom. The predicted octanol–water partition coefficient (Wildman–Crippen LogP) is 2.60.